The summed E-state index contributed by atoms with van der Waals surface area (Å²) in [4.78, 5) is 2.18. The Kier molecular flexibility index (Phi) is 1.70. The van der Waals surface area contributed by atoms with Crippen LogP contribution >= 0.6 is 11.3 Å². The molecule has 2 heterocycles. The van der Waals surface area contributed by atoms with E-state index in [2.05, 4.69) is 10.2 Å². The molecule has 4 N–H and O–H groups in total. The van der Waals surface area contributed by atoms with Gasteiger partial charge in [-0.2, -0.15) is 0 Å². The van der Waals surface area contributed by atoms with Crippen LogP contribution in [-0.2, 0) is 0 Å². The Balaban J connectivity index is 2.52. The number of nitrogens with two attached hydrogens (primary N) is 2. The molecule has 0 aromatic carbocycles. The minimum absolute atomic E-state index is 0.223. The van der Waals surface area contributed by atoms with Gasteiger partial charge in [0.1, 0.15) is 0 Å². The van der Waals surface area contributed by atoms with Crippen molar-refractivity contribution < 1.29 is 0 Å². The van der Waals surface area contributed by atoms with Gasteiger partial charge in [0.25, 0.3) is 0 Å². The summed E-state index contributed by atoms with van der Waals surface area (Å²) in [7, 11) is 0. The number of aromatic nitrogens is 3. The minimum atomic E-state index is 0.223. The number of nitrogens with zero attached hydrogens (tertiary/aromatic N) is 3. The molecule has 0 bridgehead atoms. The first-order valence-electron chi connectivity index (χ1n) is 3.71. The predicted molar refractivity (Wildman–Crippen MR) is 52.6 cm³/mol. The van der Waals surface area contributed by atoms with Crippen LogP contribution in [0, 0.1) is 6.92 Å². The van der Waals surface area contributed by atoms with Crippen molar-refractivity contribution in [3.8, 4) is 10.7 Å². The minimum Gasteiger partial charge on any atom is -0.366 e. The van der Waals surface area contributed by atoms with Gasteiger partial charge in [0.15, 0.2) is 5.82 Å². The van der Waals surface area contributed by atoms with Crippen molar-refractivity contribution in [2.24, 2.45) is 0 Å². The van der Waals surface area contributed by atoms with Gasteiger partial charge in [0.2, 0.25) is 5.95 Å². The highest BCUT2D eigenvalue weighted by molar-refractivity contribution is 7.15. The summed E-state index contributed by atoms with van der Waals surface area (Å²) in [6.07, 6.45) is 0. The lowest BCUT2D eigenvalue weighted by molar-refractivity contribution is 1.03. The van der Waals surface area contributed by atoms with Crippen molar-refractivity contribution in [3.05, 3.63) is 17.0 Å². The molecule has 0 radical (unpaired) electrons. The second kappa shape index (κ2) is 2.74. The van der Waals surface area contributed by atoms with Gasteiger partial charge >= 0.3 is 0 Å². The van der Waals surface area contributed by atoms with E-state index in [9.17, 15) is 0 Å². The molecule has 13 heavy (non-hydrogen) atoms. The fraction of sp³-hybridized carbons (Fsp3) is 0.143. The summed E-state index contributed by atoms with van der Waals surface area (Å²) >= 11 is 1.61. The van der Waals surface area contributed by atoms with Crippen molar-refractivity contribution in [3.63, 3.8) is 0 Å². The quantitative estimate of drug-likeness (QED) is 0.653. The molecule has 0 saturated carbocycles. The van der Waals surface area contributed by atoms with Gasteiger partial charge < -0.3 is 11.6 Å². The molecular formula is C7H9N5S. The van der Waals surface area contributed by atoms with Gasteiger partial charge in [0, 0.05) is 4.88 Å². The third-order valence-corrected chi connectivity index (χ3v) is 2.68. The van der Waals surface area contributed by atoms with E-state index in [1.165, 1.54) is 9.55 Å². The highest BCUT2D eigenvalue weighted by atomic mass is 32.1. The number of thiophene rings is 1. The lowest BCUT2D eigenvalue weighted by Gasteiger charge is -1.96. The van der Waals surface area contributed by atoms with Crippen LogP contribution in [-0.4, -0.2) is 14.9 Å². The van der Waals surface area contributed by atoms with Crippen molar-refractivity contribution in [2.45, 2.75) is 6.92 Å². The third kappa shape index (κ3) is 1.25. The summed E-state index contributed by atoms with van der Waals surface area (Å²) in [5, 5.41) is 7.55. The maximum atomic E-state index is 5.62. The van der Waals surface area contributed by atoms with E-state index in [0.717, 1.165) is 4.88 Å². The first kappa shape index (κ1) is 8.06. The van der Waals surface area contributed by atoms with Crippen LogP contribution < -0.4 is 11.6 Å². The largest absolute Gasteiger partial charge is 0.366 e. The van der Waals surface area contributed by atoms with E-state index in [0.29, 0.717) is 5.82 Å². The molecule has 6 heteroatoms. The molecule has 68 valence electrons. The third-order valence-electron chi connectivity index (χ3n) is 1.68. The molecule has 0 amide bonds. The molecule has 2 aromatic rings. The van der Waals surface area contributed by atoms with Crippen molar-refractivity contribution >= 4 is 17.3 Å². The maximum Gasteiger partial charge on any atom is 0.241 e. The molecule has 2 rings (SSSR count). The lowest BCUT2D eigenvalue weighted by atomic mass is 10.4. The molecule has 0 fully saturated rings. The second-order valence-corrected chi connectivity index (χ2v) is 3.95. The highest BCUT2D eigenvalue weighted by Crippen LogP contribution is 2.25. The second-order valence-electron chi connectivity index (χ2n) is 2.66. The first-order valence-corrected chi connectivity index (χ1v) is 4.53. The van der Waals surface area contributed by atoms with Gasteiger partial charge in [-0.1, -0.05) is 0 Å². The monoisotopic (exact) mass is 195 g/mol. The van der Waals surface area contributed by atoms with Gasteiger partial charge in [-0.05, 0) is 19.1 Å². The highest BCUT2D eigenvalue weighted by Gasteiger charge is 2.10. The van der Waals surface area contributed by atoms with Gasteiger partial charge in [-0.25, -0.2) is 4.68 Å². The van der Waals surface area contributed by atoms with Crippen LogP contribution in [0.3, 0.4) is 0 Å². The summed E-state index contributed by atoms with van der Waals surface area (Å²) in [5.74, 6) is 6.45. The lowest BCUT2D eigenvalue weighted by Crippen LogP contribution is -2.12. The average molecular weight is 195 g/mol. The van der Waals surface area contributed by atoms with E-state index >= 15 is 0 Å². The number of nitrogen functional groups attached to an aromatic ring is 2. The zero-order valence-corrected chi connectivity index (χ0v) is 7.88. The van der Waals surface area contributed by atoms with Crippen molar-refractivity contribution in [1.29, 1.82) is 0 Å². The molecule has 5 nitrogen and oxygen atoms in total. The standard InChI is InChI=1S/C7H9N5S/c1-4-2-3-5(13-4)6-10-11-7(8)12(6)9/h2-3H,9H2,1H3,(H2,8,11). The Morgan fingerprint density at radius 1 is 1.38 bits per heavy atom. The average Bonchev–Trinajstić information content (AvgIpc) is 2.62. The summed E-state index contributed by atoms with van der Waals surface area (Å²) in [6, 6.07) is 3.96. The van der Waals surface area contributed by atoms with Crippen molar-refractivity contribution in [2.75, 3.05) is 11.6 Å². The Hall–Kier alpha value is -1.56. The number of hydrogen-bond acceptors (Lipinski definition) is 5. The molecule has 0 aliphatic rings. The fourth-order valence-corrected chi connectivity index (χ4v) is 1.88. The Bertz CT molecular complexity index is 430. The zero-order valence-electron chi connectivity index (χ0n) is 7.06. The van der Waals surface area contributed by atoms with Crippen LogP contribution in [0.1, 0.15) is 4.88 Å². The summed E-state index contributed by atoms with van der Waals surface area (Å²) in [6.45, 7) is 2.02. The normalized spacial score (nSPS) is 10.5. The van der Waals surface area contributed by atoms with Gasteiger partial charge in [-0.15, -0.1) is 21.5 Å². The van der Waals surface area contributed by atoms with E-state index in [4.69, 9.17) is 11.6 Å². The number of hydrogen-bond donors (Lipinski definition) is 2. The number of aryl methyl sites for hydroxylation is 1. The topological polar surface area (TPSA) is 82.8 Å². The van der Waals surface area contributed by atoms with Crippen LogP contribution in [0.15, 0.2) is 12.1 Å². The molecule has 0 saturated heterocycles. The predicted octanol–water partition coefficient (Wildman–Crippen LogP) is 0.611. The van der Waals surface area contributed by atoms with Crippen LogP contribution in [0.4, 0.5) is 5.95 Å². The van der Waals surface area contributed by atoms with Gasteiger partial charge in [-0.3, -0.25) is 0 Å². The summed E-state index contributed by atoms with van der Waals surface area (Å²) < 4.78 is 1.28. The molecule has 2 aromatic heterocycles. The van der Waals surface area contributed by atoms with E-state index in [1.807, 2.05) is 19.1 Å². The molecule has 0 spiro atoms. The first-order chi connectivity index (χ1) is 6.18. The van der Waals surface area contributed by atoms with E-state index < -0.39 is 0 Å². The maximum absolute atomic E-state index is 5.62. The van der Waals surface area contributed by atoms with Gasteiger partial charge in [0.05, 0.1) is 4.88 Å². The fourth-order valence-electron chi connectivity index (χ4n) is 1.03. The zero-order chi connectivity index (χ0) is 9.42. The molecule has 0 aliphatic heterocycles. The Labute approximate surface area is 79.0 Å². The van der Waals surface area contributed by atoms with Crippen LogP contribution in [0.2, 0.25) is 0 Å². The Morgan fingerprint density at radius 3 is 2.62 bits per heavy atom. The summed E-state index contributed by atoms with van der Waals surface area (Å²) in [5.41, 5.74) is 5.45. The number of rotatable bonds is 1. The van der Waals surface area contributed by atoms with E-state index in [-0.39, 0.29) is 5.95 Å². The Morgan fingerprint density at radius 2 is 2.15 bits per heavy atom. The molecule has 0 aliphatic carbocycles. The molecule has 0 unspecified atom stereocenters. The van der Waals surface area contributed by atoms with Crippen LogP contribution in [0.25, 0.3) is 10.7 Å². The molecule has 0 atom stereocenters. The van der Waals surface area contributed by atoms with E-state index in [1.54, 1.807) is 11.3 Å². The number of anilines is 1. The smallest absolute Gasteiger partial charge is 0.241 e. The SMILES string of the molecule is Cc1ccc(-c2nnc(N)n2N)s1. The van der Waals surface area contributed by atoms with Crippen molar-refractivity contribution in [1.82, 2.24) is 14.9 Å². The molecular weight excluding hydrogens is 186 g/mol. The van der Waals surface area contributed by atoms with Crippen LogP contribution in [0.5, 0.6) is 0 Å².